The summed E-state index contributed by atoms with van der Waals surface area (Å²) in [5, 5.41) is 9.14. The summed E-state index contributed by atoms with van der Waals surface area (Å²) in [6.45, 7) is 4.15. The summed E-state index contributed by atoms with van der Waals surface area (Å²) in [7, 11) is 0. The second-order valence-electron chi connectivity index (χ2n) is 6.77. The molecule has 0 aliphatic carbocycles. The van der Waals surface area contributed by atoms with Crippen molar-refractivity contribution in [3.63, 3.8) is 0 Å². The lowest BCUT2D eigenvalue weighted by Gasteiger charge is -2.04. The molecule has 0 rings (SSSR count). The summed E-state index contributed by atoms with van der Waals surface area (Å²) in [6, 6.07) is 0. The lowest BCUT2D eigenvalue weighted by Crippen LogP contribution is -1.93. The van der Waals surface area contributed by atoms with Crippen LogP contribution in [-0.2, 0) is 0 Å². The Kier molecular flexibility index (Phi) is 19.6. The fourth-order valence-electron chi connectivity index (χ4n) is 2.90. The van der Waals surface area contributed by atoms with Gasteiger partial charge in [-0.3, -0.25) is 0 Å². The summed E-state index contributed by atoms with van der Waals surface area (Å²) in [6.07, 6.45) is 22.8. The standard InChI is InChI=1S/C20H42OS/c1-3-4-5-6-7-8-9-10-11-12-13-14-15-16-17-18-19-22-20(2)21/h20-21H,3-19H2,1-2H3. The number of unbranched alkanes of at least 4 members (excludes halogenated alkanes) is 15. The van der Waals surface area contributed by atoms with Crippen molar-refractivity contribution in [2.75, 3.05) is 5.75 Å². The molecule has 0 saturated heterocycles. The highest BCUT2D eigenvalue weighted by Gasteiger charge is 1.96. The quantitative estimate of drug-likeness (QED) is 0.210. The van der Waals surface area contributed by atoms with Gasteiger partial charge < -0.3 is 5.11 Å². The van der Waals surface area contributed by atoms with Crippen LogP contribution in [0.2, 0.25) is 0 Å². The fraction of sp³-hybridized carbons (Fsp3) is 1.00. The van der Waals surface area contributed by atoms with Crippen LogP contribution in [0.1, 0.15) is 117 Å². The molecule has 1 nitrogen and oxygen atoms in total. The van der Waals surface area contributed by atoms with Crippen molar-refractivity contribution >= 4 is 11.8 Å². The van der Waals surface area contributed by atoms with Crippen molar-refractivity contribution in [2.24, 2.45) is 0 Å². The SMILES string of the molecule is CCCCCCCCCCCCCCCCCCSC(C)O. The topological polar surface area (TPSA) is 20.2 Å². The Morgan fingerprint density at radius 1 is 0.591 bits per heavy atom. The maximum absolute atomic E-state index is 9.14. The Morgan fingerprint density at radius 3 is 1.23 bits per heavy atom. The molecule has 1 N–H and O–H groups in total. The van der Waals surface area contributed by atoms with Crippen LogP contribution in [0.4, 0.5) is 0 Å². The van der Waals surface area contributed by atoms with Gasteiger partial charge in [0, 0.05) is 0 Å². The lowest BCUT2D eigenvalue weighted by molar-refractivity contribution is 0.284. The molecule has 2 heteroatoms. The Labute approximate surface area is 145 Å². The number of aliphatic hydroxyl groups is 1. The third-order valence-electron chi connectivity index (χ3n) is 4.36. The van der Waals surface area contributed by atoms with Gasteiger partial charge in [0.15, 0.2) is 0 Å². The normalized spacial score (nSPS) is 12.7. The first-order chi connectivity index (χ1) is 10.8. The molecule has 0 heterocycles. The van der Waals surface area contributed by atoms with E-state index in [0.29, 0.717) is 0 Å². The average molecular weight is 331 g/mol. The van der Waals surface area contributed by atoms with E-state index in [4.69, 9.17) is 5.11 Å². The molecular formula is C20H42OS. The summed E-state index contributed by atoms with van der Waals surface area (Å²) in [5.74, 6) is 1.12. The fourth-order valence-corrected chi connectivity index (χ4v) is 3.62. The summed E-state index contributed by atoms with van der Waals surface area (Å²) >= 11 is 1.67. The first-order valence-electron chi connectivity index (χ1n) is 10.1. The van der Waals surface area contributed by atoms with Gasteiger partial charge in [0.1, 0.15) is 0 Å². The van der Waals surface area contributed by atoms with Gasteiger partial charge in [0.2, 0.25) is 0 Å². The number of hydrogen-bond acceptors (Lipinski definition) is 2. The van der Waals surface area contributed by atoms with E-state index in [1.165, 1.54) is 103 Å². The van der Waals surface area contributed by atoms with E-state index in [2.05, 4.69) is 6.92 Å². The molecule has 0 fully saturated rings. The molecule has 0 bridgehead atoms. The van der Waals surface area contributed by atoms with Crippen LogP contribution >= 0.6 is 11.8 Å². The van der Waals surface area contributed by atoms with Crippen LogP contribution in [0.15, 0.2) is 0 Å². The van der Waals surface area contributed by atoms with Crippen LogP contribution in [0.25, 0.3) is 0 Å². The van der Waals surface area contributed by atoms with E-state index >= 15 is 0 Å². The average Bonchev–Trinajstić information content (AvgIpc) is 2.50. The van der Waals surface area contributed by atoms with Crippen LogP contribution in [0, 0.1) is 0 Å². The minimum absolute atomic E-state index is 0.184. The van der Waals surface area contributed by atoms with E-state index in [1.54, 1.807) is 11.8 Å². The van der Waals surface area contributed by atoms with E-state index in [1.807, 2.05) is 6.92 Å². The molecule has 0 aromatic carbocycles. The van der Waals surface area contributed by atoms with Gasteiger partial charge in [0.25, 0.3) is 0 Å². The number of aliphatic hydroxyl groups excluding tert-OH is 1. The van der Waals surface area contributed by atoms with Crippen molar-refractivity contribution in [3.8, 4) is 0 Å². The minimum atomic E-state index is -0.184. The monoisotopic (exact) mass is 330 g/mol. The maximum atomic E-state index is 9.14. The van der Waals surface area contributed by atoms with E-state index in [0.717, 1.165) is 5.75 Å². The molecule has 134 valence electrons. The van der Waals surface area contributed by atoms with Crippen molar-refractivity contribution in [3.05, 3.63) is 0 Å². The first-order valence-corrected chi connectivity index (χ1v) is 11.1. The highest BCUT2D eigenvalue weighted by molar-refractivity contribution is 7.99. The lowest BCUT2D eigenvalue weighted by atomic mass is 10.0. The Bertz CT molecular complexity index is 194. The predicted octanol–water partition coefficient (Wildman–Crippen LogP) is 7.32. The van der Waals surface area contributed by atoms with Gasteiger partial charge in [-0.1, -0.05) is 103 Å². The molecule has 0 aromatic rings. The Balaban J connectivity index is 2.94. The number of thioether (sulfide) groups is 1. The molecule has 0 aromatic heterocycles. The second kappa shape index (κ2) is 19.4. The van der Waals surface area contributed by atoms with Crippen molar-refractivity contribution in [2.45, 2.75) is 122 Å². The van der Waals surface area contributed by atoms with Crippen LogP contribution in [0.3, 0.4) is 0 Å². The highest BCUT2D eigenvalue weighted by Crippen LogP contribution is 2.15. The predicted molar refractivity (Wildman–Crippen MR) is 104 cm³/mol. The van der Waals surface area contributed by atoms with Gasteiger partial charge in [-0.05, 0) is 19.1 Å². The van der Waals surface area contributed by atoms with E-state index < -0.39 is 0 Å². The third kappa shape index (κ3) is 20.3. The molecule has 0 aliphatic rings. The minimum Gasteiger partial charge on any atom is -0.383 e. The van der Waals surface area contributed by atoms with E-state index in [9.17, 15) is 0 Å². The largest absolute Gasteiger partial charge is 0.383 e. The van der Waals surface area contributed by atoms with Gasteiger partial charge in [-0.25, -0.2) is 0 Å². The number of rotatable bonds is 18. The van der Waals surface area contributed by atoms with Crippen molar-refractivity contribution < 1.29 is 5.11 Å². The first kappa shape index (κ1) is 22.3. The van der Waals surface area contributed by atoms with Crippen LogP contribution in [0.5, 0.6) is 0 Å². The number of hydrogen-bond donors (Lipinski definition) is 1. The van der Waals surface area contributed by atoms with Gasteiger partial charge in [-0.2, -0.15) is 0 Å². The van der Waals surface area contributed by atoms with Crippen molar-refractivity contribution in [1.29, 1.82) is 0 Å². The molecule has 0 saturated carbocycles. The van der Waals surface area contributed by atoms with E-state index in [-0.39, 0.29) is 5.44 Å². The van der Waals surface area contributed by atoms with Gasteiger partial charge >= 0.3 is 0 Å². The Hall–Kier alpha value is 0.310. The summed E-state index contributed by atoms with van der Waals surface area (Å²) in [4.78, 5) is 0. The second-order valence-corrected chi connectivity index (χ2v) is 8.20. The molecule has 22 heavy (non-hydrogen) atoms. The van der Waals surface area contributed by atoms with Gasteiger partial charge in [-0.15, -0.1) is 11.8 Å². The Morgan fingerprint density at radius 2 is 0.909 bits per heavy atom. The summed E-state index contributed by atoms with van der Waals surface area (Å²) < 4.78 is 0. The molecule has 0 radical (unpaired) electrons. The zero-order valence-corrected chi connectivity index (χ0v) is 16.3. The molecular weight excluding hydrogens is 288 g/mol. The van der Waals surface area contributed by atoms with Crippen LogP contribution in [-0.4, -0.2) is 16.3 Å². The summed E-state index contributed by atoms with van der Waals surface area (Å²) in [5.41, 5.74) is -0.184. The third-order valence-corrected chi connectivity index (χ3v) is 5.36. The van der Waals surface area contributed by atoms with Crippen molar-refractivity contribution in [1.82, 2.24) is 0 Å². The zero-order chi connectivity index (χ0) is 16.3. The molecule has 0 aliphatic heterocycles. The van der Waals surface area contributed by atoms with Crippen LogP contribution < -0.4 is 0 Å². The molecule has 0 amide bonds. The molecule has 1 atom stereocenters. The molecule has 0 spiro atoms. The molecule has 1 unspecified atom stereocenters. The maximum Gasteiger partial charge on any atom is 0.0964 e. The zero-order valence-electron chi connectivity index (χ0n) is 15.5. The van der Waals surface area contributed by atoms with Gasteiger partial charge in [0.05, 0.1) is 5.44 Å². The highest BCUT2D eigenvalue weighted by atomic mass is 32.2. The smallest absolute Gasteiger partial charge is 0.0964 e.